The van der Waals surface area contributed by atoms with Gasteiger partial charge in [-0.25, -0.2) is 4.79 Å². The predicted molar refractivity (Wildman–Crippen MR) is 80.3 cm³/mol. The molecule has 0 aliphatic carbocycles. The van der Waals surface area contributed by atoms with Crippen molar-refractivity contribution in [2.24, 2.45) is 0 Å². The van der Waals surface area contributed by atoms with Crippen LogP contribution in [-0.4, -0.2) is 36.2 Å². The maximum atomic E-state index is 12.0. The van der Waals surface area contributed by atoms with E-state index >= 15 is 0 Å². The summed E-state index contributed by atoms with van der Waals surface area (Å²) in [6.07, 6.45) is 0.826. The van der Waals surface area contributed by atoms with Gasteiger partial charge < -0.3 is 15.2 Å². The molecule has 0 bridgehead atoms. The van der Waals surface area contributed by atoms with Gasteiger partial charge in [0.2, 0.25) is 5.91 Å². The first-order chi connectivity index (χ1) is 9.76. The summed E-state index contributed by atoms with van der Waals surface area (Å²) >= 11 is 0. The van der Waals surface area contributed by atoms with Gasteiger partial charge in [0.1, 0.15) is 0 Å². The van der Waals surface area contributed by atoms with Crippen molar-refractivity contribution in [2.45, 2.75) is 39.2 Å². The summed E-state index contributed by atoms with van der Waals surface area (Å²) < 4.78 is 4.87. The number of carboxylic acid groups (broad SMARTS) is 1. The average molecular weight is 293 g/mol. The number of carbonyl (C=O) groups excluding carboxylic acids is 1. The number of aliphatic carboxylic acids is 1. The lowest BCUT2D eigenvalue weighted by Crippen LogP contribution is -2.55. The van der Waals surface area contributed by atoms with E-state index in [1.807, 2.05) is 26.0 Å². The Morgan fingerprint density at radius 1 is 1.24 bits per heavy atom. The first kappa shape index (κ1) is 17.2. The van der Waals surface area contributed by atoms with Gasteiger partial charge in [0.25, 0.3) is 0 Å². The summed E-state index contributed by atoms with van der Waals surface area (Å²) in [6.45, 7) is 5.39. The summed E-state index contributed by atoms with van der Waals surface area (Å²) in [7, 11) is 1.41. The number of hydrogen-bond acceptors (Lipinski definition) is 3. The Bertz CT molecular complexity index is 507. The van der Waals surface area contributed by atoms with E-state index in [4.69, 9.17) is 4.74 Å². The SMILES string of the molecule is COCC(C)(NC(=O)CCc1cc(C)cc(C)c1)C(=O)O. The monoisotopic (exact) mass is 293 g/mol. The summed E-state index contributed by atoms with van der Waals surface area (Å²) in [4.78, 5) is 23.2. The number of amides is 1. The van der Waals surface area contributed by atoms with E-state index in [9.17, 15) is 14.7 Å². The van der Waals surface area contributed by atoms with Gasteiger partial charge in [-0.1, -0.05) is 29.3 Å². The molecule has 2 N–H and O–H groups in total. The third kappa shape index (κ3) is 5.19. The maximum Gasteiger partial charge on any atom is 0.331 e. The lowest BCUT2D eigenvalue weighted by Gasteiger charge is -2.25. The Hall–Kier alpha value is -1.88. The topological polar surface area (TPSA) is 75.6 Å². The predicted octanol–water partition coefficient (Wildman–Crippen LogP) is 1.84. The first-order valence-corrected chi connectivity index (χ1v) is 6.87. The van der Waals surface area contributed by atoms with E-state index < -0.39 is 11.5 Å². The van der Waals surface area contributed by atoms with Crippen LogP contribution in [0.3, 0.4) is 0 Å². The molecule has 5 heteroatoms. The molecule has 0 aromatic heterocycles. The van der Waals surface area contributed by atoms with Crippen LogP contribution in [0.4, 0.5) is 0 Å². The largest absolute Gasteiger partial charge is 0.479 e. The molecule has 0 heterocycles. The van der Waals surface area contributed by atoms with Crippen LogP contribution >= 0.6 is 0 Å². The molecule has 1 unspecified atom stereocenters. The van der Waals surface area contributed by atoms with Crippen LogP contribution < -0.4 is 5.32 Å². The Kier molecular flexibility index (Phi) is 5.90. The molecular weight excluding hydrogens is 270 g/mol. The molecule has 0 aliphatic rings. The van der Waals surface area contributed by atoms with Crippen molar-refractivity contribution in [2.75, 3.05) is 13.7 Å². The maximum absolute atomic E-state index is 12.0. The van der Waals surface area contributed by atoms with Crippen LogP contribution in [0.1, 0.15) is 30.0 Å². The zero-order valence-corrected chi connectivity index (χ0v) is 13.0. The minimum Gasteiger partial charge on any atom is -0.479 e. The average Bonchev–Trinajstić information content (AvgIpc) is 2.35. The second-order valence-corrected chi connectivity index (χ2v) is 5.61. The number of carbonyl (C=O) groups is 2. The fraction of sp³-hybridized carbons (Fsp3) is 0.500. The number of carboxylic acids is 1. The minimum atomic E-state index is -1.39. The molecule has 1 atom stereocenters. The summed E-state index contributed by atoms with van der Waals surface area (Å²) in [5.74, 6) is -1.40. The Morgan fingerprint density at radius 3 is 2.29 bits per heavy atom. The highest BCUT2D eigenvalue weighted by Crippen LogP contribution is 2.12. The highest BCUT2D eigenvalue weighted by Gasteiger charge is 2.34. The highest BCUT2D eigenvalue weighted by molar-refractivity contribution is 5.86. The molecule has 0 saturated carbocycles. The number of ether oxygens (including phenoxy) is 1. The van der Waals surface area contributed by atoms with Gasteiger partial charge in [0.15, 0.2) is 5.54 Å². The standard InChI is InChI=1S/C16H23NO4/c1-11-7-12(2)9-13(8-11)5-6-14(18)17-16(3,10-21-4)15(19)20/h7-9H,5-6,10H2,1-4H3,(H,17,18)(H,19,20). The van der Waals surface area contributed by atoms with Crippen molar-refractivity contribution in [1.29, 1.82) is 0 Å². The van der Waals surface area contributed by atoms with Gasteiger partial charge in [-0.3, -0.25) is 4.79 Å². The van der Waals surface area contributed by atoms with E-state index in [0.717, 1.165) is 16.7 Å². The van der Waals surface area contributed by atoms with Gasteiger partial charge >= 0.3 is 5.97 Å². The molecule has 1 aromatic rings. The Labute approximate surface area is 125 Å². The Balaban J connectivity index is 2.63. The quantitative estimate of drug-likeness (QED) is 0.804. The van der Waals surface area contributed by atoms with Gasteiger partial charge in [-0.15, -0.1) is 0 Å². The lowest BCUT2D eigenvalue weighted by molar-refractivity contribution is -0.149. The summed E-state index contributed by atoms with van der Waals surface area (Å²) in [5.41, 5.74) is 1.99. The van der Waals surface area contributed by atoms with Crippen molar-refractivity contribution in [3.05, 3.63) is 34.9 Å². The third-order valence-electron chi connectivity index (χ3n) is 3.24. The lowest BCUT2D eigenvalue weighted by atomic mass is 10.0. The minimum absolute atomic E-state index is 0.0718. The molecule has 0 saturated heterocycles. The zero-order chi connectivity index (χ0) is 16.0. The second-order valence-electron chi connectivity index (χ2n) is 5.61. The summed E-state index contributed by atoms with van der Waals surface area (Å²) in [6, 6.07) is 6.14. The number of methoxy groups -OCH3 is 1. The molecule has 1 rings (SSSR count). The van der Waals surface area contributed by atoms with Gasteiger partial charge in [-0.05, 0) is 32.8 Å². The zero-order valence-electron chi connectivity index (χ0n) is 13.0. The van der Waals surface area contributed by atoms with Crippen molar-refractivity contribution in [3.63, 3.8) is 0 Å². The van der Waals surface area contributed by atoms with Crippen LogP contribution in [0.2, 0.25) is 0 Å². The van der Waals surface area contributed by atoms with Crippen molar-refractivity contribution in [3.8, 4) is 0 Å². The van der Waals surface area contributed by atoms with E-state index in [2.05, 4.69) is 11.4 Å². The summed E-state index contributed by atoms with van der Waals surface area (Å²) in [5, 5.41) is 11.7. The number of nitrogens with one attached hydrogen (secondary N) is 1. The second kappa shape index (κ2) is 7.22. The number of aryl methyl sites for hydroxylation is 3. The van der Waals surface area contributed by atoms with E-state index in [1.54, 1.807) is 0 Å². The van der Waals surface area contributed by atoms with Gasteiger partial charge in [0, 0.05) is 13.5 Å². The molecule has 5 nitrogen and oxygen atoms in total. The van der Waals surface area contributed by atoms with Gasteiger partial charge in [0.05, 0.1) is 6.61 Å². The van der Waals surface area contributed by atoms with Crippen LogP contribution in [0.5, 0.6) is 0 Å². The Morgan fingerprint density at radius 2 is 1.81 bits per heavy atom. The number of hydrogen-bond donors (Lipinski definition) is 2. The molecule has 0 aliphatic heterocycles. The third-order valence-corrected chi connectivity index (χ3v) is 3.24. The van der Waals surface area contributed by atoms with Crippen LogP contribution in [0.25, 0.3) is 0 Å². The van der Waals surface area contributed by atoms with E-state index in [1.165, 1.54) is 14.0 Å². The molecule has 1 amide bonds. The fourth-order valence-corrected chi connectivity index (χ4v) is 2.28. The highest BCUT2D eigenvalue weighted by atomic mass is 16.5. The number of benzene rings is 1. The fourth-order valence-electron chi connectivity index (χ4n) is 2.28. The molecule has 21 heavy (non-hydrogen) atoms. The van der Waals surface area contributed by atoms with Crippen LogP contribution in [-0.2, 0) is 20.7 Å². The molecule has 1 aromatic carbocycles. The van der Waals surface area contributed by atoms with Crippen LogP contribution in [0, 0.1) is 13.8 Å². The normalized spacial score (nSPS) is 13.5. The number of rotatable bonds is 7. The molecule has 0 spiro atoms. The molecule has 116 valence electrons. The van der Waals surface area contributed by atoms with Crippen LogP contribution in [0.15, 0.2) is 18.2 Å². The molecular formula is C16H23NO4. The first-order valence-electron chi connectivity index (χ1n) is 6.87. The molecule has 0 radical (unpaired) electrons. The van der Waals surface area contributed by atoms with Crippen molar-refractivity contribution >= 4 is 11.9 Å². The van der Waals surface area contributed by atoms with Crippen molar-refractivity contribution < 1.29 is 19.4 Å². The van der Waals surface area contributed by atoms with Gasteiger partial charge in [-0.2, -0.15) is 0 Å². The molecule has 0 fully saturated rings. The smallest absolute Gasteiger partial charge is 0.331 e. The van der Waals surface area contributed by atoms with Crippen molar-refractivity contribution in [1.82, 2.24) is 5.32 Å². The van der Waals surface area contributed by atoms with E-state index in [-0.39, 0.29) is 18.9 Å². The van der Waals surface area contributed by atoms with E-state index in [0.29, 0.717) is 6.42 Å².